The first kappa shape index (κ1) is 35.6. The number of fused-ring (bicyclic) bond motifs is 4. The molecule has 10 heterocycles. The van der Waals surface area contributed by atoms with Gasteiger partial charge in [-0.25, -0.2) is 9.50 Å². The van der Waals surface area contributed by atoms with Gasteiger partial charge in [0, 0.05) is 88.6 Å². The Balaban J connectivity index is 0.747. The lowest BCUT2D eigenvalue weighted by Gasteiger charge is -2.41. The zero-order valence-electron chi connectivity index (χ0n) is 32.0. The third-order valence-corrected chi connectivity index (χ3v) is 14.5. The number of aromatic nitrogens is 6. The molecule has 15 nitrogen and oxygen atoms in total. The molecule has 5 aromatic heterocycles. The molecule has 6 fully saturated rings. The molecule has 11 rings (SSSR count). The van der Waals surface area contributed by atoms with Crippen molar-refractivity contribution in [2.75, 3.05) is 61.1 Å². The summed E-state index contributed by atoms with van der Waals surface area (Å²) in [6, 6.07) is 15.4. The van der Waals surface area contributed by atoms with Crippen molar-refractivity contribution in [2.45, 2.75) is 62.6 Å². The molecule has 5 aliphatic heterocycles. The lowest BCUT2D eigenvalue weighted by molar-refractivity contribution is -0.134. The third-order valence-electron chi connectivity index (χ3n) is 13.5. The van der Waals surface area contributed by atoms with Crippen LogP contribution in [0.3, 0.4) is 0 Å². The Morgan fingerprint density at radius 3 is 2.48 bits per heavy atom. The maximum Gasteiger partial charge on any atom is 0.234 e. The van der Waals surface area contributed by atoms with E-state index >= 15 is 0 Å². The number of nitrogens with zero attached hydrogens (tertiary/aromatic N) is 10. The molecule has 296 valence electrons. The summed E-state index contributed by atoms with van der Waals surface area (Å²) in [5.74, 6) is 2.40. The molecule has 1 aliphatic carbocycles. The Morgan fingerprint density at radius 2 is 1.72 bits per heavy atom. The van der Waals surface area contributed by atoms with Crippen molar-refractivity contribution >= 4 is 45.3 Å². The van der Waals surface area contributed by atoms with Gasteiger partial charge in [0.25, 0.3) is 0 Å². The van der Waals surface area contributed by atoms with Gasteiger partial charge in [-0.15, -0.1) is 10.2 Å². The van der Waals surface area contributed by atoms with E-state index in [4.69, 9.17) is 24.9 Å². The lowest BCUT2D eigenvalue weighted by Crippen LogP contribution is -2.54. The smallest absolute Gasteiger partial charge is 0.234 e. The molecule has 2 bridgehead atoms. The van der Waals surface area contributed by atoms with Crippen molar-refractivity contribution in [3.63, 3.8) is 0 Å². The molecule has 3 unspecified atom stereocenters. The second kappa shape index (κ2) is 14.4. The number of pyridine rings is 2. The average molecular weight is 797 g/mol. The SMILES string of the molecule is N#Cc1cnn2c(-c3cc(NC4CCOCC4)c(-c4nnc(N5CC6CCC(C5)N6CC5[C@H]6CN(c7ccc([C@H]8CCC(=O)NC8=O)cn7)C[C@@H]56)s4)cn3)ccc2c1. The maximum absolute atomic E-state index is 12.3. The Morgan fingerprint density at radius 1 is 0.897 bits per heavy atom. The molecule has 5 saturated heterocycles. The monoisotopic (exact) mass is 796 g/mol. The molecule has 6 aliphatic rings. The summed E-state index contributed by atoms with van der Waals surface area (Å²) in [6.07, 6.45) is 10.5. The Hall–Kier alpha value is -5.50. The summed E-state index contributed by atoms with van der Waals surface area (Å²) in [5.41, 5.74) is 5.81. The van der Waals surface area contributed by atoms with Crippen LogP contribution >= 0.6 is 11.3 Å². The number of amides is 2. The van der Waals surface area contributed by atoms with Crippen LogP contribution in [0, 0.1) is 29.1 Å². The molecule has 58 heavy (non-hydrogen) atoms. The van der Waals surface area contributed by atoms with E-state index in [0.29, 0.717) is 42.3 Å². The van der Waals surface area contributed by atoms with E-state index in [1.54, 1.807) is 17.5 Å². The van der Waals surface area contributed by atoms with E-state index in [-0.39, 0.29) is 23.8 Å². The molecule has 0 aromatic carbocycles. The number of carbonyl (C=O) groups excluding carboxylic acids is 2. The van der Waals surface area contributed by atoms with Crippen molar-refractivity contribution in [2.24, 2.45) is 17.8 Å². The Bertz CT molecular complexity index is 2410. The second-order valence-electron chi connectivity index (χ2n) is 16.8. The van der Waals surface area contributed by atoms with E-state index in [9.17, 15) is 14.9 Å². The largest absolute Gasteiger partial charge is 0.381 e. The molecule has 5 aromatic rings. The first-order chi connectivity index (χ1) is 28.5. The Labute approximate surface area is 339 Å². The minimum absolute atomic E-state index is 0.192. The highest BCUT2D eigenvalue weighted by molar-refractivity contribution is 7.18. The van der Waals surface area contributed by atoms with Crippen LogP contribution in [0.1, 0.15) is 55.6 Å². The van der Waals surface area contributed by atoms with Gasteiger partial charge in [0.1, 0.15) is 11.9 Å². The van der Waals surface area contributed by atoms with Crippen LogP contribution in [-0.4, -0.2) is 111 Å². The van der Waals surface area contributed by atoms with E-state index in [2.05, 4.69) is 42.6 Å². The molecular formula is C42H44N12O3S. The summed E-state index contributed by atoms with van der Waals surface area (Å²) < 4.78 is 7.48. The number of carbonyl (C=O) groups is 2. The highest BCUT2D eigenvalue weighted by Crippen LogP contribution is 2.54. The van der Waals surface area contributed by atoms with Crippen LogP contribution in [0.2, 0.25) is 0 Å². The molecule has 2 N–H and O–H groups in total. The van der Waals surface area contributed by atoms with Crippen molar-refractivity contribution in [3.05, 3.63) is 66.1 Å². The summed E-state index contributed by atoms with van der Waals surface area (Å²) in [7, 11) is 0. The van der Waals surface area contributed by atoms with Crippen LogP contribution in [0.25, 0.3) is 27.5 Å². The van der Waals surface area contributed by atoms with Crippen LogP contribution in [0.4, 0.5) is 16.6 Å². The third kappa shape index (κ3) is 6.45. The number of nitriles is 1. The van der Waals surface area contributed by atoms with Crippen LogP contribution in [0.15, 0.2) is 55.0 Å². The van der Waals surface area contributed by atoms with Gasteiger partial charge < -0.3 is 19.9 Å². The molecular weight excluding hydrogens is 753 g/mol. The van der Waals surface area contributed by atoms with Crippen molar-refractivity contribution < 1.29 is 14.3 Å². The van der Waals surface area contributed by atoms with Gasteiger partial charge in [-0.3, -0.25) is 24.8 Å². The molecule has 0 spiro atoms. The van der Waals surface area contributed by atoms with Crippen LogP contribution in [0.5, 0.6) is 0 Å². The van der Waals surface area contributed by atoms with Crippen LogP contribution < -0.4 is 20.4 Å². The van der Waals surface area contributed by atoms with Crippen molar-refractivity contribution in [1.82, 2.24) is 40.0 Å². The normalized spacial score (nSPS) is 27.2. The minimum atomic E-state index is -0.301. The van der Waals surface area contributed by atoms with Crippen molar-refractivity contribution in [1.29, 1.82) is 5.26 Å². The number of piperidine rings is 2. The number of hydrogen-bond donors (Lipinski definition) is 2. The molecule has 1 saturated carbocycles. The predicted molar refractivity (Wildman–Crippen MR) is 217 cm³/mol. The first-order valence-electron chi connectivity index (χ1n) is 20.6. The quantitative estimate of drug-likeness (QED) is 0.203. The van der Waals surface area contributed by atoms with Gasteiger partial charge in [-0.2, -0.15) is 10.4 Å². The predicted octanol–water partition coefficient (Wildman–Crippen LogP) is 4.33. The van der Waals surface area contributed by atoms with E-state index < -0.39 is 0 Å². The average Bonchev–Trinajstić information content (AvgIpc) is 3.79. The number of anilines is 3. The number of nitrogens with one attached hydrogen (secondary N) is 2. The molecule has 0 radical (unpaired) electrons. The van der Waals surface area contributed by atoms with Gasteiger partial charge in [-0.1, -0.05) is 17.4 Å². The van der Waals surface area contributed by atoms with E-state index in [0.717, 1.165) is 108 Å². The van der Waals surface area contributed by atoms with Gasteiger partial charge >= 0.3 is 0 Å². The number of rotatable bonds is 9. The zero-order chi connectivity index (χ0) is 38.9. The van der Waals surface area contributed by atoms with E-state index in [1.165, 1.54) is 19.4 Å². The lowest BCUT2D eigenvalue weighted by atomic mass is 9.92. The van der Waals surface area contributed by atoms with Crippen molar-refractivity contribution in [3.8, 4) is 28.0 Å². The standard InChI is InChI=1S/C42H44N12O3S/c43-15-24-13-27-4-6-37(54(27)46-16-24)36-14-35(47-26-9-11-57-12-10-26)31(18-44-36)41-49-50-42(58-41)52-19-28-2-3-29(20-52)53(28)23-34-32-21-51(22-33(32)34)38-7-1-25(17-45-38)30-5-8-39(55)48-40(30)56/h1,4,6-7,13-14,16-18,26,28-30,32-34H,2-3,5,8-12,19-23H2,(H,44,47)(H,48,55,56)/t28?,29?,30-,32-,33+,34?/m1/s1. The number of hydrogen-bond acceptors (Lipinski definition) is 14. The minimum Gasteiger partial charge on any atom is -0.381 e. The van der Waals surface area contributed by atoms with Gasteiger partial charge in [0.2, 0.25) is 16.9 Å². The summed E-state index contributed by atoms with van der Waals surface area (Å²) in [4.78, 5) is 41.2. The molecule has 2 amide bonds. The summed E-state index contributed by atoms with van der Waals surface area (Å²) in [5, 5.41) is 31.5. The summed E-state index contributed by atoms with van der Waals surface area (Å²) in [6.45, 7) is 6.64. The van der Waals surface area contributed by atoms with E-state index in [1.807, 2.05) is 47.2 Å². The number of ether oxygens (including phenoxy) is 1. The molecule has 16 heteroatoms. The summed E-state index contributed by atoms with van der Waals surface area (Å²) >= 11 is 1.65. The highest BCUT2D eigenvalue weighted by Gasteiger charge is 2.57. The first-order valence-corrected chi connectivity index (χ1v) is 21.4. The van der Waals surface area contributed by atoms with Gasteiger partial charge in [-0.05, 0) is 85.8 Å². The zero-order valence-corrected chi connectivity index (χ0v) is 32.9. The van der Waals surface area contributed by atoms with Crippen LogP contribution in [-0.2, 0) is 14.3 Å². The van der Waals surface area contributed by atoms with Gasteiger partial charge in [0.05, 0.1) is 40.1 Å². The second-order valence-corrected chi connectivity index (χ2v) is 17.7. The van der Waals surface area contributed by atoms with Gasteiger partial charge in [0.15, 0.2) is 5.01 Å². The molecule has 6 atom stereocenters. The Kier molecular flexibility index (Phi) is 8.85. The fourth-order valence-corrected chi connectivity index (χ4v) is 11.1. The maximum atomic E-state index is 12.3. The fourth-order valence-electron chi connectivity index (χ4n) is 10.3. The topological polar surface area (TPSA) is 170 Å². The fraction of sp³-hybridized carbons (Fsp3) is 0.476. The number of imide groups is 1. The highest BCUT2D eigenvalue weighted by atomic mass is 32.1. The number of piperazine rings is 1.